The topological polar surface area (TPSA) is 90.1 Å². The van der Waals surface area contributed by atoms with Crippen LogP contribution in [0.3, 0.4) is 0 Å². The van der Waals surface area contributed by atoms with E-state index in [4.69, 9.17) is 0 Å². The van der Waals surface area contributed by atoms with Crippen LogP contribution in [0, 0.1) is 0 Å². The molecule has 0 unspecified atom stereocenters. The Hall–Kier alpha value is -3.67. The molecule has 0 spiro atoms. The van der Waals surface area contributed by atoms with E-state index in [1.807, 2.05) is 42.5 Å². The number of hydrogen-bond acceptors (Lipinski definition) is 3. The maximum absolute atomic E-state index is 12.3. The van der Waals surface area contributed by atoms with Crippen molar-refractivity contribution in [1.29, 1.82) is 0 Å². The van der Waals surface area contributed by atoms with E-state index in [0.29, 0.717) is 10.9 Å². The van der Waals surface area contributed by atoms with Gasteiger partial charge in [-0.15, -0.1) is 0 Å². The molecule has 6 heteroatoms. The summed E-state index contributed by atoms with van der Waals surface area (Å²) in [6.07, 6.45) is 4.84. The van der Waals surface area contributed by atoms with Crippen molar-refractivity contribution in [3.8, 4) is 0 Å². The van der Waals surface area contributed by atoms with E-state index in [9.17, 15) is 9.59 Å². The molecule has 0 aliphatic heterocycles. The predicted molar refractivity (Wildman–Crippen MR) is 96.7 cm³/mol. The Morgan fingerprint density at radius 1 is 0.880 bits per heavy atom. The maximum Gasteiger partial charge on any atom is 0.312 e. The number of carbonyl (C=O) groups excluding carboxylic acids is 2. The second-order valence-electron chi connectivity index (χ2n) is 5.57. The molecular formula is C19H14N4O2. The lowest BCUT2D eigenvalue weighted by molar-refractivity contribution is -0.116. The average Bonchev–Trinajstić information content (AvgIpc) is 3.25. The molecule has 4 aromatic rings. The Labute approximate surface area is 142 Å². The molecule has 0 bridgehead atoms. The number of aromatic amines is 2. The van der Waals surface area contributed by atoms with Gasteiger partial charge in [-0.2, -0.15) is 5.10 Å². The number of Topliss-reactive ketones (excluding diaryl/α,β-unsaturated/α-hetero) is 1. The Balaban J connectivity index is 1.51. The summed E-state index contributed by atoms with van der Waals surface area (Å²) in [5.74, 6) is -1.41. The minimum absolute atomic E-state index is 0.329. The van der Waals surface area contributed by atoms with Crippen LogP contribution >= 0.6 is 0 Å². The number of nitrogens with zero attached hydrogens (tertiary/aromatic N) is 1. The van der Waals surface area contributed by atoms with Gasteiger partial charge in [-0.3, -0.25) is 9.59 Å². The SMILES string of the molecule is O=C(N/N=C/c1c[nH]c2ccccc12)C(=O)c1c[nH]c2ccccc12. The number of rotatable bonds is 4. The van der Waals surface area contributed by atoms with E-state index in [1.165, 1.54) is 12.4 Å². The van der Waals surface area contributed by atoms with Crippen LogP contribution in [-0.2, 0) is 4.79 Å². The summed E-state index contributed by atoms with van der Waals surface area (Å²) in [7, 11) is 0. The van der Waals surface area contributed by atoms with Gasteiger partial charge in [0.1, 0.15) is 0 Å². The van der Waals surface area contributed by atoms with E-state index in [2.05, 4.69) is 20.5 Å². The molecule has 0 saturated carbocycles. The smallest absolute Gasteiger partial charge is 0.312 e. The fourth-order valence-electron chi connectivity index (χ4n) is 2.79. The molecule has 2 aromatic carbocycles. The third-order valence-corrected chi connectivity index (χ3v) is 4.03. The van der Waals surface area contributed by atoms with Gasteiger partial charge in [0.15, 0.2) is 0 Å². The van der Waals surface area contributed by atoms with E-state index in [1.54, 1.807) is 12.3 Å². The van der Waals surface area contributed by atoms with Crippen molar-refractivity contribution < 1.29 is 9.59 Å². The molecule has 0 saturated heterocycles. The van der Waals surface area contributed by atoms with Gasteiger partial charge in [0.05, 0.1) is 11.8 Å². The van der Waals surface area contributed by atoms with Gasteiger partial charge in [0.25, 0.3) is 5.78 Å². The van der Waals surface area contributed by atoms with Crippen molar-refractivity contribution in [3.63, 3.8) is 0 Å². The predicted octanol–water partition coefficient (Wildman–Crippen LogP) is 2.98. The normalized spacial score (nSPS) is 11.4. The summed E-state index contributed by atoms with van der Waals surface area (Å²) >= 11 is 0. The zero-order valence-corrected chi connectivity index (χ0v) is 13.1. The molecule has 0 radical (unpaired) electrons. The summed E-state index contributed by atoms with van der Waals surface area (Å²) in [5, 5.41) is 5.60. The van der Waals surface area contributed by atoms with Gasteiger partial charge in [-0.25, -0.2) is 5.43 Å². The molecule has 0 atom stereocenters. The van der Waals surface area contributed by atoms with Crippen molar-refractivity contribution in [2.75, 3.05) is 0 Å². The van der Waals surface area contributed by atoms with Crippen molar-refractivity contribution in [1.82, 2.24) is 15.4 Å². The van der Waals surface area contributed by atoms with E-state index < -0.39 is 11.7 Å². The molecule has 1 amide bonds. The second-order valence-corrected chi connectivity index (χ2v) is 5.57. The average molecular weight is 330 g/mol. The number of nitrogens with one attached hydrogen (secondary N) is 3. The van der Waals surface area contributed by atoms with E-state index >= 15 is 0 Å². The Morgan fingerprint density at radius 3 is 2.32 bits per heavy atom. The quantitative estimate of drug-likeness (QED) is 0.232. The fourth-order valence-corrected chi connectivity index (χ4v) is 2.79. The van der Waals surface area contributed by atoms with Crippen LogP contribution in [-0.4, -0.2) is 27.9 Å². The van der Waals surface area contributed by atoms with Crippen LogP contribution in [0.5, 0.6) is 0 Å². The van der Waals surface area contributed by atoms with Gasteiger partial charge >= 0.3 is 5.91 Å². The minimum atomic E-state index is -0.777. The molecule has 2 aromatic heterocycles. The van der Waals surface area contributed by atoms with Crippen LogP contribution in [0.4, 0.5) is 0 Å². The van der Waals surface area contributed by atoms with Crippen LogP contribution < -0.4 is 5.43 Å². The third-order valence-electron chi connectivity index (χ3n) is 4.03. The van der Waals surface area contributed by atoms with Crippen LogP contribution in [0.25, 0.3) is 21.8 Å². The lowest BCUT2D eigenvalue weighted by Gasteiger charge is -1.98. The zero-order valence-electron chi connectivity index (χ0n) is 13.1. The molecule has 0 fully saturated rings. The molecular weight excluding hydrogens is 316 g/mol. The summed E-state index contributed by atoms with van der Waals surface area (Å²) in [6, 6.07) is 15.1. The number of fused-ring (bicyclic) bond motifs is 2. The molecule has 6 nitrogen and oxygen atoms in total. The second kappa shape index (κ2) is 6.09. The van der Waals surface area contributed by atoms with Crippen molar-refractivity contribution in [3.05, 3.63) is 72.1 Å². The van der Waals surface area contributed by atoms with Crippen LogP contribution in [0.1, 0.15) is 15.9 Å². The summed E-state index contributed by atoms with van der Waals surface area (Å²) in [6.45, 7) is 0. The zero-order chi connectivity index (χ0) is 17.2. The molecule has 3 N–H and O–H groups in total. The first kappa shape index (κ1) is 14.9. The lowest BCUT2D eigenvalue weighted by atomic mass is 10.1. The van der Waals surface area contributed by atoms with Gasteiger partial charge in [0.2, 0.25) is 0 Å². The fraction of sp³-hybridized carbons (Fsp3) is 0. The van der Waals surface area contributed by atoms with E-state index in [-0.39, 0.29) is 0 Å². The first-order valence-electron chi connectivity index (χ1n) is 7.74. The number of hydrogen-bond donors (Lipinski definition) is 3. The first-order chi connectivity index (χ1) is 12.2. The highest BCUT2D eigenvalue weighted by Crippen LogP contribution is 2.18. The summed E-state index contributed by atoms with van der Waals surface area (Å²) < 4.78 is 0. The number of ketones is 1. The number of aromatic nitrogens is 2. The molecule has 122 valence electrons. The number of H-pyrrole nitrogens is 2. The highest BCUT2D eigenvalue weighted by Gasteiger charge is 2.19. The molecule has 4 rings (SSSR count). The van der Waals surface area contributed by atoms with Crippen LogP contribution in [0.2, 0.25) is 0 Å². The number of carbonyl (C=O) groups is 2. The Kier molecular flexibility index (Phi) is 3.63. The standard InChI is InChI=1S/C19H14N4O2/c24-18(15-11-21-17-8-4-2-6-14(15)17)19(25)23-22-10-12-9-20-16-7-3-1-5-13(12)16/h1-11,20-21H,(H,23,25)/b22-10+. The summed E-state index contributed by atoms with van der Waals surface area (Å²) in [4.78, 5) is 30.5. The molecule has 25 heavy (non-hydrogen) atoms. The van der Waals surface area contributed by atoms with Crippen molar-refractivity contribution in [2.24, 2.45) is 5.10 Å². The minimum Gasteiger partial charge on any atom is -0.361 e. The van der Waals surface area contributed by atoms with Gasteiger partial charge in [-0.1, -0.05) is 36.4 Å². The van der Waals surface area contributed by atoms with Crippen LogP contribution in [0.15, 0.2) is 66.0 Å². The molecule has 2 heterocycles. The Morgan fingerprint density at radius 2 is 1.52 bits per heavy atom. The summed E-state index contributed by atoms with van der Waals surface area (Å²) in [5.41, 5.74) is 5.23. The number of amides is 1. The lowest BCUT2D eigenvalue weighted by Crippen LogP contribution is -2.27. The third kappa shape index (κ3) is 2.70. The van der Waals surface area contributed by atoms with Gasteiger partial charge in [0, 0.05) is 39.8 Å². The number of para-hydroxylation sites is 2. The van der Waals surface area contributed by atoms with E-state index in [0.717, 1.165) is 22.0 Å². The highest BCUT2D eigenvalue weighted by molar-refractivity contribution is 6.44. The Bertz CT molecular complexity index is 1120. The van der Waals surface area contributed by atoms with Crippen molar-refractivity contribution in [2.45, 2.75) is 0 Å². The first-order valence-corrected chi connectivity index (χ1v) is 7.74. The van der Waals surface area contributed by atoms with Gasteiger partial charge in [-0.05, 0) is 12.1 Å². The monoisotopic (exact) mass is 330 g/mol. The number of benzene rings is 2. The molecule has 0 aliphatic rings. The largest absolute Gasteiger partial charge is 0.361 e. The molecule has 0 aliphatic carbocycles. The number of hydrazone groups is 1. The maximum atomic E-state index is 12.3. The van der Waals surface area contributed by atoms with Gasteiger partial charge < -0.3 is 9.97 Å². The van der Waals surface area contributed by atoms with Crippen molar-refractivity contribution >= 4 is 39.7 Å². The highest BCUT2D eigenvalue weighted by atomic mass is 16.2.